The zero-order chi connectivity index (χ0) is 11.1. The van der Waals surface area contributed by atoms with E-state index in [0.717, 1.165) is 6.42 Å². The summed E-state index contributed by atoms with van der Waals surface area (Å²) in [5, 5.41) is 0. The molecule has 1 saturated heterocycles. The van der Waals surface area contributed by atoms with Crippen molar-refractivity contribution < 1.29 is 19.0 Å². The highest BCUT2D eigenvalue weighted by molar-refractivity contribution is 5.87. The molecule has 0 aromatic heterocycles. The molecule has 0 radical (unpaired) electrons. The number of hydrogen-bond acceptors (Lipinski definition) is 4. The minimum atomic E-state index is -0.591. The lowest BCUT2D eigenvalue weighted by atomic mass is 9.87. The number of ether oxygens (including phenoxy) is 3. The fourth-order valence-corrected chi connectivity index (χ4v) is 1.90. The van der Waals surface area contributed by atoms with Crippen molar-refractivity contribution in [3.63, 3.8) is 0 Å². The van der Waals surface area contributed by atoms with E-state index in [-0.39, 0.29) is 5.78 Å². The van der Waals surface area contributed by atoms with Crippen molar-refractivity contribution in [3.8, 4) is 0 Å². The molecule has 0 aliphatic carbocycles. The minimum Gasteiger partial charge on any atom is -0.385 e. The van der Waals surface area contributed by atoms with Gasteiger partial charge in [0.05, 0.1) is 0 Å². The third kappa shape index (κ3) is 3.26. The first-order chi connectivity index (χ1) is 7.25. The molecule has 1 fully saturated rings. The average Bonchev–Trinajstić information content (AvgIpc) is 2.30. The van der Waals surface area contributed by atoms with E-state index in [0.29, 0.717) is 39.1 Å². The van der Waals surface area contributed by atoms with E-state index in [2.05, 4.69) is 0 Å². The highest BCUT2D eigenvalue weighted by Crippen LogP contribution is 2.27. The Bertz CT molecular complexity index is 197. The molecule has 0 aromatic carbocycles. The van der Waals surface area contributed by atoms with Gasteiger partial charge in [-0.1, -0.05) is 0 Å². The molecule has 1 aliphatic heterocycles. The van der Waals surface area contributed by atoms with Gasteiger partial charge in [0.15, 0.2) is 5.78 Å². The Morgan fingerprint density at radius 1 is 1.33 bits per heavy atom. The van der Waals surface area contributed by atoms with Gasteiger partial charge < -0.3 is 14.2 Å². The molecule has 4 heteroatoms. The van der Waals surface area contributed by atoms with Crippen LogP contribution in [0.2, 0.25) is 0 Å². The van der Waals surface area contributed by atoms with E-state index in [1.54, 1.807) is 14.2 Å². The van der Waals surface area contributed by atoms with Gasteiger partial charge in [-0.25, -0.2) is 0 Å². The van der Waals surface area contributed by atoms with Gasteiger partial charge in [-0.15, -0.1) is 0 Å². The van der Waals surface area contributed by atoms with Crippen molar-refractivity contribution >= 4 is 5.78 Å². The summed E-state index contributed by atoms with van der Waals surface area (Å²) in [6.45, 7) is 1.86. The number of ketones is 1. The number of hydrogen-bond donors (Lipinski definition) is 0. The van der Waals surface area contributed by atoms with Crippen LogP contribution in [0.1, 0.15) is 25.7 Å². The maximum absolute atomic E-state index is 12.0. The first kappa shape index (κ1) is 12.6. The topological polar surface area (TPSA) is 44.8 Å². The normalized spacial score (nSPS) is 20.1. The molecule has 0 aromatic rings. The lowest BCUT2D eigenvalue weighted by Gasteiger charge is -2.34. The van der Waals surface area contributed by atoms with Crippen LogP contribution in [0.4, 0.5) is 0 Å². The predicted octanol–water partition coefficient (Wildman–Crippen LogP) is 1.18. The second-order valence-electron chi connectivity index (χ2n) is 3.83. The summed E-state index contributed by atoms with van der Waals surface area (Å²) >= 11 is 0. The largest absolute Gasteiger partial charge is 0.385 e. The summed E-state index contributed by atoms with van der Waals surface area (Å²) < 4.78 is 15.6. The smallest absolute Gasteiger partial charge is 0.164 e. The summed E-state index contributed by atoms with van der Waals surface area (Å²) in [5.74, 6) is 0.186. The molecule has 1 rings (SSSR count). The molecule has 0 amide bonds. The second-order valence-corrected chi connectivity index (χ2v) is 3.83. The van der Waals surface area contributed by atoms with Gasteiger partial charge in [0.1, 0.15) is 5.60 Å². The molecule has 0 unspecified atom stereocenters. The van der Waals surface area contributed by atoms with Crippen LogP contribution in [-0.2, 0) is 19.0 Å². The highest BCUT2D eigenvalue weighted by atomic mass is 16.5. The Labute approximate surface area is 90.9 Å². The summed E-state index contributed by atoms with van der Waals surface area (Å²) in [6.07, 6.45) is 2.65. The van der Waals surface area contributed by atoms with Crippen molar-refractivity contribution in [1.29, 1.82) is 0 Å². The average molecular weight is 216 g/mol. The molecule has 1 aliphatic rings. The molecule has 0 atom stereocenters. The highest BCUT2D eigenvalue weighted by Gasteiger charge is 2.39. The molecule has 0 spiro atoms. The summed E-state index contributed by atoms with van der Waals surface area (Å²) in [6, 6.07) is 0. The minimum absolute atomic E-state index is 0.186. The maximum Gasteiger partial charge on any atom is 0.164 e. The molecular formula is C11H20O4. The first-order valence-electron chi connectivity index (χ1n) is 5.40. The van der Waals surface area contributed by atoms with E-state index in [9.17, 15) is 4.79 Å². The third-order valence-electron chi connectivity index (χ3n) is 2.95. The molecule has 0 saturated carbocycles. The summed E-state index contributed by atoms with van der Waals surface area (Å²) in [7, 11) is 3.25. The Morgan fingerprint density at radius 3 is 2.53 bits per heavy atom. The van der Waals surface area contributed by atoms with Crippen LogP contribution < -0.4 is 0 Å². The standard InChI is InChI=1S/C11H20O4/c1-13-7-3-4-10(12)11(14-2)5-8-15-9-6-11/h3-9H2,1-2H3. The summed E-state index contributed by atoms with van der Waals surface area (Å²) in [4.78, 5) is 12.0. The van der Waals surface area contributed by atoms with Crippen LogP contribution >= 0.6 is 0 Å². The molecular weight excluding hydrogens is 196 g/mol. The molecule has 88 valence electrons. The quantitative estimate of drug-likeness (QED) is 0.625. The lowest BCUT2D eigenvalue weighted by Crippen LogP contribution is -2.45. The number of carbonyl (C=O) groups is 1. The summed E-state index contributed by atoms with van der Waals surface area (Å²) in [5.41, 5.74) is -0.591. The van der Waals surface area contributed by atoms with E-state index in [1.807, 2.05) is 0 Å². The molecule has 0 bridgehead atoms. The zero-order valence-corrected chi connectivity index (χ0v) is 9.58. The zero-order valence-electron chi connectivity index (χ0n) is 9.58. The van der Waals surface area contributed by atoms with Crippen molar-refractivity contribution in [3.05, 3.63) is 0 Å². The lowest BCUT2D eigenvalue weighted by molar-refractivity contribution is -0.152. The van der Waals surface area contributed by atoms with Gasteiger partial charge in [0.25, 0.3) is 0 Å². The molecule has 1 heterocycles. The molecule has 4 nitrogen and oxygen atoms in total. The van der Waals surface area contributed by atoms with Crippen LogP contribution in [0.5, 0.6) is 0 Å². The van der Waals surface area contributed by atoms with Gasteiger partial charge in [0, 0.05) is 53.3 Å². The van der Waals surface area contributed by atoms with Gasteiger partial charge >= 0.3 is 0 Å². The maximum atomic E-state index is 12.0. The fourth-order valence-electron chi connectivity index (χ4n) is 1.90. The fraction of sp³-hybridized carbons (Fsp3) is 0.909. The molecule has 0 N–H and O–H groups in total. The Kier molecular flexibility index (Phi) is 5.22. The Balaban J connectivity index is 2.45. The van der Waals surface area contributed by atoms with E-state index in [1.165, 1.54) is 0 Å². The SMILES string of the molecule is COCCCC(=O)C1(OC)CCOCC1. The van der Waals surface area contributed by atoms with Crippen LogP contribution in [0.3, 0.4) is 0 Å². The Hall–Kier alpha value is -0.450. The van der Waals surface area contributed by atoms with E-state index >= 15 is 0 Å². The van der Waals surface area contributed by atoms with Crippen molar-refractivity contribution in [2.45, 2.75) is 31.3 Å². The number of Topliss-reactive ketones (excluding diaryl/α,β-unsaturated/α-hetero) is 1. The number of rotatable bonds is 6. The van der Waals surface area contributed by atoms with Gasteiger partial charge in [-0.2, -0.15) is 0 Å². The van der Waals surface area contributed by atoms with Crippen molar-refractivity contribution in [2.75, 3.05) is 34.0 Å². The van der Waals surface area contributed by atoms with Gasteiger partial charge in [0.2, 0.25) is 0 Å². The van der Waals surface area contributed by atoms with Crippen molar-refractivity contribution in [2.24, 2.45) is 0 Å². The number of carbonyl (C=O) groups excluding carboxylic acids is 1. The second kappa shape index (κ2) is 6.20. The van der Waals surface area contributed by atoms with Crippen molar-refractivity contribution in [1.82, 2.24) is 0 Å². The number of methoxy groups -OCH3 is 2. The van der Waals surface area contributed by atoms with E-state index in [4.69, 9.17) is 14.2 Å². The monoisotopic (exact) mass is 216 g/mol. The first-order valence-corrected chi connectivity index (χ1v) is 5.40. The van der Waals surface area contributed by atoms with Crippen LogP contribution in [0.15, 0.2) is 0 Å². The van der Waals surface area contributed by atoms with Crippen LogP contribution in [-0.4, -0.2) is 45.4 Å². The van der Waals surface area contributed by atoms with Crippen LogP contribution in [0.25, 0.3) is 0 Å². The third-order valence-corrected chi connectivity index (χ3v) is 2.95. The Morgan fingerprint density at radius 2 is 2.00 bits per heavy atom. The van der Waals surface area contributed by atoms with E-state index < -0.39 is 5.60 Å². The molecule has 15 heavy (non-hydrogen) atoms. The van der Waals surface area contributed by atoms with Gasteiger partial charge in [-0.05, 0) is 6.42 Å². The van der Waals surface area contributed by atoms with Crippen LogP contribution in [0, 0.1) is 0 Å². The van der Waals surface area contributed by atoms with Gasteiger partial charge in [-0.3, -0.25) is 4.79 Å². The predicted molar refractivity (Wildman–Crippen MR) is 55.9 cm³/mol.